The molecule has 0 aliphatic heterocycles. The van der Waals surface area contributed by atoms with Crippen LogP contribution in [0.5, 0.6) is 0 Å². The number of carbonyl (C=O) groups is 2. The van der Waals surface area contributed by atoms with E-state index in [1.165, 1.54) is 26.2 Å². The van der Waals surface area contributed by atoms with Gasteiger partial charge in [-0.25, -0.2) is 9.18 Å². The number of rotatable bonds is 7. The van der Waals surface area contributed by atoms with Crippen molar-refractivity contribution in [3.05, 3.63) is 35.6 Å². The minimum absolute atomic E-state index is 0.0661. The molecule has 0 saturated heterocycles. The first-order valence-corrected chi connectivity index (χ1v) is 6.75. The van der Waals surface area contributed by atoms with E-state index in [-0.39, 0.29) is 24.3 Å². The van der Waals surface area contributed by atoms with Crippen LogP contribution in [-0.2, 0) is 20.7 Å². The summed E-state index contributed by atoms with van der Waals surface area (Å²) >= 11 is 0. The number of hydrogen-bond acceptors (Lipinski definition) is 4. The molecule has 0 spiro atoms. The van der Waals surface area contributed by atoms with Crippen molar-refractivity contribution < 1.29 is 18.7 Å². The number of ether oxygens (including phenoxy) is 1. The molecule has 0 aromatic heterocycles. The summed E-state index contributed by atoms with van der Waals surface area (Å²) < 4.78 is 17.5. The van der Waals surface area contributed by atoms with Crippen molar-refractivity contribution in [1.82, 2.24) is 10.6 Å². The van der Waals surface area contributed by atoms with Crippen molar-refractivity contribution in [3.8, 4) is 0 Å². The molecule has 1 amide bonds. The lowest BCUT2D eigenvalue weighted by Crippen LogP contribution is -2.49. The van der Waals surface area contributed by atoms with Gasteiger partial charge in [-0.05, 0) is 31.0 Å². The van der Waals surface area contributed by atoms with E-state index in [0.29, 0.717) is 6.42 Å². The second kappa shape index (κ2) is 8.36. The molecule has 0 aliphatic carbocycles. The summed E-state index contributed by atoms with van der Waals surface area (Å²) in [6, 6.07) is 5.62. The Kier molecular flexibility index (Phi) is 6.81. The smallest absolute Gasteiger partial charge is 0.329 e. The summed E-state index contributed by atoms with van der Waals surface area (Å²) in [6.45, 7) is 3.57. The maximum absolute atomic E-state index is 12.8. The molecule has 0 bridgehead atoms. The molecule has 1 aromatic carbocycles. The molecule has 0 aliphatic rings. The Bertz CT molecular complexity index is 476. The maximum Gasteiger partial charge on any atom is 0.329 e. The maximum atomic E-state index is 12.8. The minimum atomic E-state index is -0.719. The Balaban J connectivity index is 2.48. The third kappa shape index (κ3) is 6.35. The largest absolute Gasteiger partial charge is 0.467 e. The van der Waals surface area contributed by atoms with Crippen molar-refractivity contribution in [2.45, 2.75) is 32.4 Å². The number of amides is 1. The molecule has 0 fully saturated rings. The lowest BCUT2D eigenvalue weighted by Gasteiger charge is -2.19. The predicted octanol–water partition coefficient (Wildman–Crippen LogP) is 1.02. The number of esters is 1. The van der Waals surface area contributed by atoms with E-state index in [4.69, 9.17) is 0 Å². The van der Waals surface area contributed by atoms with Gasteiger partial charge < -0.3 is 15.4 Å². The highest BCUT2D eigenvalue weighted by molar-refractivity contribution is 5.83. The van der Waals surface area contributed by atoms with Gasteiger partial charge in [-0.3, -0.25) is 4.79 Å². The molecule has 116 valence electrons. The van der Waals surface area contributed by atoms with Crippen LogP contribution in [0.25, 0.3) is 0 Å². The zero-order valence-electron chi connectivity index (χ0n) is 12.5. The van der Waals surface area contributed by atoms with Crippen molar-refractivity contribution in [3.63, 3.8) is 0 Å². The lowest BCUT2D eigenvalue weighted by molar-refractivity contribution is -0.144. The fourth-order valence-electron chi connectivity index (χ4n) is 1.95. The molecule has 0 saturated carbocycles. The Morgan fingerprint density at radius 1 is 1.29 bits per heavy atom. The molecule has 2 N–H and O–H groups in total. The van der Waals surface area contributed by atoms with Gasteiger partial charge in [-0.1, -0.05) is 12.1 Å². The molecule has 0 radical (unpaired) electrons. The van der Waals surface area contributed by atoms with E-state index in [1.54, 1.807) is 12.1 Å². The van der Waals surface area contributed by atoms with Crippen LogP contribution in [0, 0.1) is 5.82 Å². The van der Waals surface area contributed by atoms with Crippen LogP contribution in [0.3, 0.4) is 0 Å². The molecule has 6 heteroatoms. The lowest BCUT2D eigenvalue weighted by atomic mass is 10.1. The zero-order valence-corrected chi connectivity index (χ0v) is 12.5. The summed E-state index contributed by atoms with van der Waals surface area (Å²) in [4.78, 5) is 22.6. The van der Waals surface area contributed by atoms with Crippen LogP contribution in [0.4, 0.5) is 4.39 Å². The highest BCUT2D eigenvalue weighted by atomic mass is 19.1. The van der Waals surface area contributed by atoms with Crippen LogP contribution in [0.1, 0.15) is 19.4 Å². The predicted molar refractivity (Wildman–Crippen MR) is 77.2 cm³/mol. The molecule has 1 rings (SSSR count). The van der Waals surface area contributed by atoms with Gasteiger partial charge in [-0.15, -0.1) is 0 Å². The number of methoxy groups -OCH3 is 1. The molecule has 21 heavy (non-hydrogen) atoms. The Morgan fingerprint density at radius 2 is 1.90 bits per heavy atom. The molecule has 2 atom stereocenters. The first-order chi connectivity index (χ1) is 9.92. The van der Waals surface area contributed by atoms with Crippen molar-refractivity contribution in [1.29, 1.82) is 0 Å². The van der Waals surface area contributed by atoms with Gasteiger partial charge in [0.1, 0.15) is 11.9 Å². The van der Waals surface area contributed by atoms with Gasteiger partial charge in [-0.2, -0.15) is 0 Å². The summed E-state index contributed by atoms with van der Waals surface area (Å²) in [7, 11) is 1.28. The van der Waals surface area contributed by atoms with E-state index < -0.39 is 12.0 Å². The van der Waals surface area contributed by atoms with Gasteiger partial charge >= 0.3 is 5.97 Å². The Hall–Kier alpha value is -1.95. The molecule has 0 heterocycles. The van der Waals surface area contributed by atoms with Crippen LogP contribution in [-0.4, -0.2) is 37.6 Å². The number of benzene rings is 1. The third-order valence-corrected chi connectivity index (χ3v) is 2.99. The second-order valence-electron chi connectivity index (χ2n) is 4.92. The van der Waals surface area contributed by atoms with Crippen molar-refractivity contribution in [2.75, 3.05) is 13.7 Å². The quantitative estimate of drug-likeness (QED) is 0.737. The molecular weight excluding hydrogens is 275 g/mol. The van der Waals surface area contributed by atoms with E-state index in [0.717, 1.165) is 5.56 Å². The molecule has 5 nitrogen and oxygen atoms in total. The first kappa shape index (κ1) is 17.1. The number of halogens is 1. The highest BCUT2D eigenvalue weighted by Crippen LogP contribution is 2.05. The number of carbonyl (C=O) groups excluding carboxylic acids is 2. The first-order valence-electron chi connectivity index (χ1n) is 6.75. The van der Waals surface area contributed by atoms with E-state index >= 15 is 0 Å². The van der Waals surface area contributed by atoms with E-state index in [9.17, 15) is 14.0 Å². The van der Waals surface area contributed by atoms with Crippen LogP contribution < -0.4 is 10.6 Å². The van der Waals surface area contributed by atoms with Gasteiger partial charge in [0, 0.05) is 19.5 Å². The Labute approximate surface area is 123 Å². The average Bonchev–Trinajstić information content (AvgIpc) is 2.44. The summed E-state index contributed by atoms with van der Waals surface area (Å²) in [6.07, 6.45) is 0.689. The molecule has 2 unspecified atom stereocenters. The third-order valence-electron chi connectivity index (χ3n) is 2.99. The summed E-state index contributed by atoms with van der Waals surface area (Å²) in [5, 5.41) is 5.69. The van der Waals surface area contributed by atoms with Crippen molar-refractivity contribution in [2.24, 2.45) is 0 Å². The van der Waals surface area contributed by atoms with Gasteiger partial charge in [0.15, 0.2) is 0 Å². The van der Waals surface area contributed by atoms with E-state index in [1.807, 2.05) is 6.92 Å². The summed E-state index contributed by atoms with van der Waals surface area (Å²) in [5.74, 6) is -1.05. The van der Waals surface area contributed by atoms with E-state index in [2.05, 4.69) is 15.4 Å². The SMILES string of the molecule is COC(=O)C(CNC(C)Cc1ccc(F)cc1)NC(C)=O. The van der Waals surface area contributed by atoms with Gasteiger partial charge in [0.2, 0.25) is 5.91 Å². The minimum Gasteiger partial charge on any atom is -0.467 e. The van der Waals surface area contributed by atoms with Gasteiger partial charge in [0.25, 0.3) is 0 Å². The Morgan fingerprint density at radius 3 is 2.43 bits per heavy atom. The fourth-order valence-corrected chi connectivity index (χ4v) is 1.95. The standard InChI is InChI=1S/C15H21FN2O3/c1-10(8-12-4-6-13(16)7-5-12)17-9-14(15(20)21-3)18-11(2)19/h4-7,10,14,17H,8-9H2,1-3H3,(H,18,19). The topological polar surface area (TPSA) is 67.4 Å². The molecule has 1 aromatic rings. The monoisotopic (exact) mass is 296 g/mol. The number of nitrogens with one attached hydrogen (secondary N) is 2. The van der Waals surface area contributed by atoms with Crippen LogP contribution in [0.2, 0.25) is 0 Å². The van der Waals surface area contributed by atoms with Crippen LogP contribution in [0.15, 0.2) is 24.3 Å². The second-order valence-corrected chi connectivity index (χ2v) is 4.92. The van der Waals surface area contributed by atoms with Crippen molar-refractivity contribution >= 4 is 11.9 Å². The average molecular weight is 296 g/mol. The zero-order chi connectivity index (χ0) is 15.8. The number of hydrogen-bond donors (Lipinski definition) is 2. The van der Waals surface area contributed by atoms with Gasteiger partial charge in [0.05, 0.1) is 7.11 Å². The summed E-state index contributed by atoms with van der Waals surface area (Å²) in [5.41, 5.74) is 0.991. The normalized spacial score (nSPS) is 13.3. The van der Waals surface area contributed by atoms with Crippen LogP contribution >= 0.6 is 0 Å². The molecular formula is C15H21FN2O3. The highest BCUT2D eigenvalue weighted by Gasteiger charge is 2.20. The fraction of sp³-hybridized carbons (Fsp3) is 0.467.